The Balaban J connectivity index is 1.95. The molecular weight excluding hydrogens is 260 g/mol. The van der Waals surface area contributed by atoms with Crippen molar-refractivity contribution in [3.8, 4) is 5.75 Å². The predicted molar refractivity (Wildman–Crippen MR) is 77.1 cm³/mol. The zero-order chi connectivity index (χ0) is 13.7. The van der Waals surface area contributed by atoms with Crippen molar-refractivity contribution in [1.29, 1.82) is 0 Å². The lowest BCUT2D eigenvalue weighted by atomic mass is 10.2. The standard InChI is InChI=1S/C14H14N2O2S/c1-10-3-8-13(19-10)9-15-16-14(17)11-4-6-12(18-2)7-5-11/h3-9H,1-2H3,(H,16,17). The van der Waals surface area contributed by atoms with E-state index in [9.17, 15) is 4.79 Å². The Bertz CT molecular complexity index is 588. The summed E-state index contributed by atoms with van der Waals surface area (Å²) in [7, 11) is 1.59. The lowest BCUT2D eigenvalue weighted by molar-refractivity contribution is 0.0955. The van der Waals surface area contributed by atoms with Gasteiger partial charge in [0.2, 0.25) is 0 Å². The van der Waals surface area contributed by atoms with Crippen LogP contribution in [-0.2, 0) is 0 Å². The minimum Gasteiger partial charge on any atom is -0.497 e. The summed E-state index contributed by atoms with van der Waals surface area (Å²) in [6.45, 7) is 2.03. The molecule has 1 aromatic heterocycles. The van der Waals surface area contributed by atoms with Crippen molar-refractivity contribution in [2.75, 3.05) is 7.11 Å². The molecule has 1 heterocycles. The molecule has 5 heteroatoms. The van der Waals surface area contributed by atoms with Gasteiger partial charge in [-0.3, -0.25) is 4.79 Å². The first kappa shape index (κ1) is 13.3. The number of hydrogen-bond acceptors (Lipinski definition) is 4. The third-order valence-corrected chi connectivity index (χ3v) is 3.41. The van der Waals surface area contributed by atoms with E-state index in [-0.39, 0.29) is 5.91 Å². The van der Waals surface area contributed by atoms with Gasteiger partial charge in [-0.25, -0.2) is 5.43 Å². The van der Waals surface area contributed by atoms with Crippen LogP contribution >= 0.6 is 11.3 Å². The van der Waals surface area contributed by atoms with Gasteiger partial charge in [0.15, 0.2) is 0 Å². The van der Waals surface area contributed by atoms with Gasteiger partial charge in [-0.2, -0.15) is 5.10 Å². The molecule has 0 radical (unpaired) electrons. The average Bonchev–Trinajstić information content (AvgIpc) is 2.84. The SMILES string of the molecule is COc1ccc(C(=O)NN=Cc2ccc(C)s2)cc1. The third-order valence-electron chi connectivity index (χ3n) is 2.47. The van der Waals surface area contributed by atoms with E-state index in [1.165, 1.54) is 4.88 Å². The van der Waals surface area contributed by atoms with Crippen LogP contribution in [0.3, 0.4) is 0 Å². The molecule has 1 aromatic carbocycles. The van der Waals surface area contributed by atoms with E-state index in [0.717, 1.165) is 4.88 Å². The van der Waals surface area contributed by atoms with Crippen molar-refractivity contribution in [2.24, 2.45) is 5.10 Å². The summed E-state index contributed by atoms with van der Waals surface area (Å²) in [5, 5.41) is 3.93. The normalized spacial score (nSPS) is 10.6. The van der Waals surface area contributed by atoms with Gasteiger partial charge in [0.1, 0.15) is 5.75 Å². The number of carbonyl (C=O) groups excluding carboxylic acids is 1. The van der Waals surface area contributed by atoms with Gasteiger partial charge < -0.3 is 4.74 Å². The number of amides is 1. The number of nitrogens with one attached hydrogen (secondary N) is 1. The van der Waals surface area contributed by atoms with Crippen LogP contribution in [0.4, 0.5) is 0 Å². The molecule has 2 aromatic rings. The molecule has 0 saturated carbocycles. The third kappa shape index (κ3) is 3.66. The number of hydrogen-bond donors (Lipinski definition) is 1. The Morgan fingerprint density at radius 1 is 1.26 bits per heavy atom. The van der Waals surface area contributed by atoms with Crippen molar-refractivity contribution in [3.05, 3.63) is 51.7 Å². The first-order valence-corrected chi connectivity index (χ1v) is 6.54. The summed E-state index contributed by atoms with van der Waals surface area (Å²) < 4.78 is 5.03. The number of rotatable bonds is 4. The molecule has 2 rings (SSSR count). The van der Waals surface area contributed by atoms with Gasteiger partial charge in [-0.1, -0.05) is 0 Å². The Morgan fingerprint density at radius 3 is 2.58 bits per heavy atom. The van der Waals surface area contributed by atoms with Gasteiger partial charge >= 0.3 is 0 Å². The fourth-order valence-electron chi connectivity index (χ4n) is 1.48. The Kier molecular flexibility index (Phi) is 4.30. The minimum absolute atomic E-state index is 0.243. The Morgan fingerprint density at radius 2 is 2.00 bits per heavy atom. The maximum absolute atomic E-state index is 11.8. The fraction of sp³-hybridized carbons (Fsp3) is 0.143. The van der Waals surface area contributed by atoms with E-state index in [2.05, 4.69) is 10.5 Å². The second kappa shape index (κ2) is 6.15. The monoisotopic (exact) mass is 274 g/mol. The summed E-state index contributed by atoms with van der Waals surface area (Å²) in [6, 6.07) is 10.8. The van der Waals surface area contributed by atoms with E-state index in [4.69, 9.17) is 4.74 Å². The summed E-state index contributed by atoms with van der Waals surface area (Å²) >= 11 is 1.62. The van der Waals surface area contributed by atoms with E-state index in [0.29, 0.717) is 11.3 Å². The molecular formula is C14H14N2O2S. The van der Waals surface area contributed by atoms with Gasteiger partial charge in [-0.05, 0) is 43.3 Å². The van der Waals surface area contributed by atoms with Crippen molar-refractivity contribution < 1.29 is 9.53 Å². The zero-order valence-corrected chi connectivity index (χ0v) is 11.5. The van der Waals surface area contributed by atoms with Gasteiger partial charge in [0.25, 0.3) is 5.91 Å². The lowest BCUT2D eigenvalue weighted by Crippen LogP contribution is -2.17. The van der Waals surface area contributed by atoms with Gasteiger partial charge in [0, 0.05) is 15.3 Å². The second-order valence-electron chi connectivity index (χ2n) is 3.88. The topological polar surface area (TPSA) is 50.7 Å². The van der Waals surface area contributed by atoms with Crippen molar-refractivity contribution in [2.45, 2.75) is 6.92 Å². The lowest BCUT2D eigenvalue weighted by Gasteiger charge is -2.01. The quantitative estimate of drug-likeness (QED) is 0.688. The number of thiophene rings is 1. The van der Waals surface area contributed by atoms with Crippen LogP contribution in [0, 0.1) is 6.92 Å². The van der Waals surface area contributed by atoms with E-state index < -0.39 is 0 Å². The Hall–Kier alpha value is -2.14. The zero-order valence-electron chi connectivity index (χ0n) is 10.7. The van der Waals surface area contributed by atoms with Crippen LogP contribution in [0.15, 0.2) is 41.5 Å². The van der Waals surface area contributed by atoms with E-state index in [1.807, 2.05) is 19.1 Å². The molecule has 98 valence electrons. The van der Waals surface area contributed by atoms with Crippen LogP contribution in [0.25, 0.3) is 0 Å². The van der Waals surface area contributed by atoms with Crippen LogP contribution < -0.4 is 10.2 Å². The highest BCUT2D eigenvalue weighted by atomic mass is 32.1. The summed E-state index contributed by atoms with van der Waals surface area (Å²) in [5.74, 6) is 0.473. The smallest absolute Gasteiger partial charge is 0.271 e. The molecule has 0 aliphatic rings. The molecule has 0 atom stereocenters. The molecule has 0 fully saturated rings. The molecule has 0 spiro atoms. The molecule has 0 aliphatic carbocycles. The number of benzene rings is 1. The molecule has 19 heavy (non-hydrogen) atoms. The maximum atomic E-state index is 11.8. The highest BCUT2D eigenvalue weighted by Crippen LogP contribution is 2.13. The van der Waals surface area contributed by atoms with Crippen LogP contribution in [0.5, 0.6) is 5.75 Å². The average molecular weight is 274 g/mol. The molecule has 0 aliphatic heterocycles. The van der Waals surface area contributed by atoms with Gasteiger partial charge in [0.05, 0.1) is 13.3 Å². The first-order chi connectivity index (χ1) is 9.19. The van der Waals surface area contributed by atoms with E-state index >= 15 is 0 Å². The Labute approximate surface area is 115 Å². The molecule has 0 unspecified atom stereocenters. The first-order valence-electron chi connectivity index (χ1n) is 5.73. The largest absolute Gasteiger partial charge is 0.497 e. The molecule has 0 saturated heterocycles. The fourth-order valence-corrected chi connectivity index (χ4v) is 2.23. The van der Waals surface area contributed by atoms with Crippen molar-refractivity contribution in [3.63, 3.8) is 0 Å². The summed E-state index contributed by atoms with van der Waals surface area (Å²) in [6.07, 6.45) is 1.64. The second-order valence-corrected chi connectivity index (χ2v) is 5.20. The highest BCUT2D eigenvalue weighted by Gasteiger charge is 2.03. The summed E-state index contributed by atoms with van der Waals surface area (Å²) in [4.78, 5) is 14.0. The van der Waals surface area contributed by atoms with E-state index in [1.54, 1.807) is 48.9 Å². The molecule has 4 nitrogen and oxygen atoms in total. The number of methoxy groups -OCH3 is 1. The van der Waals surface area contributed by atoms with Crippen molar-refractivity contribution in [1.82, 2.24) is 5.43 Å². The highest BCUT2D eigenvalue weighted by molar-refractivity contribution is 7.13. The number of nitrogens with zero attached hydrogens (tertiary/aromatic N) is 1. The van der Waals surface area contributed by atoms with Gasteiger partial charge in [-0.15, -0.1) is 11.3 Å². The number of carbonyl (C=O) groups is 1. The molecule has 0 bridgehead atoms. The predicted octanol–water partition coefficient (Wildman–Crippen LogP) is 2.83. The number of aryl methyl sites for hydroxylation is 1. The van der Waals surface area contributed by atoms with Crippen LogP contribution in [-0.4, -0.2) is 19.2 Å². The maximum Gasteiger partial charge on any atom is 0.271 e. The number of ether oxygens (including phenoxy) is 1. The van der Waals surface area contributed by atoms with Crippen LogP contribution in [0.1, 0.15) is 20.1 Å². The van der Waals surface area contributed by atoms with Crippen LogP contribution in [0.2, 0.25) is 0 Å². The summed E-state index contributed by atoms with van der Waals surface area (Å²) in [5.41, 5.74) is 3.03. The molecule has 1 N–H and O–H groups in total. The number of hydrazone groups is 1. The minimum atomic E-state index is -0.243. The van der Waals surface area contributed by atoms with Crippen molar-refractivity contribution >= 4 is 23.5 Å². The molecule has 1 amide bonds.